The molecule has 3 heterocycles. The van der Waals surface area contributed by atoms with Crippen LogP contribution in [-0.4, -0.2) is 45.9 Å². The molecule has 2 amide bonds. The van der Waals surface area contributed by atoms with Crippen LogP contribution < -0.4 is 4.90 Å². The molecule has 154 valence electrons. The Balaban J connectivity index is 1.58. The van der Waals surface area contributed by atoms with E-state index in [0.717, 1.165) is 27.9 Å². The van der Waals surface area contributed by atoms with E-state index in [2.05, 4.69) is 20.9 Å². The molecule has 5 rings (SSSR count). The van der Waals surface area contributed by atoms with Gasteiger partial charge in [0, 0.05) is 23.6 Å². The minimum atomic E-state index is -0.621. The summed E-state index contributed by atoms with van der Waals surface area (Å²) in [5.74, 6) is -1.27. The zero-order valence-electron chi connectivity index (χ0n) is 15.6. The third-order valence-corrected chi connectivity index (χ3v) is 6.85. The van der Waals surface area contributed by atoms with Crippen molar-refractivity contribution in [2.75, 3.05) is 18.0 Å². The standard InChI is InChI=1S/C20H16BrClN4O4/c21-12-4-2-11(3-5-12)17-16-18(24-9-1-8-23(17)24)20(28)25(19(16)27)13-6-7-14(22)15(10-13)26(29)30/h2-7,10,16-18H,1,8-9H2. The molecule has 3 fully saturated rings. The third kappa shape index (κ3) is 2.80. The van der Waals surface area contributed by atoms with Gasteiger partial charge in [-0.05, 0) is 36.2 Å². The van der Waals surface area contributed by atoms with E-state index in [1.807, 2.05) is 29.3 Å². The first-order valence-electron chi connectivity index (χ1n) is 9.49. The maximum atomic E-state index is 13.5. The van der Waals surface area contributed by atoms with Crippen molar-refractivity contribution < 1.29 is 14.5 Å². The van der Waals surface area contributed by atoms with Gasteiger partial charge in [0.2, 0.25) is 5.91 Å². The van der Waals surface area contributed by atoms with Crippen LogP contribution in [0.25, 0.3) is 0 Å². The highest BCUT2D eigenvalue weighted by atomic mass is 79.9. The lowest BCUT2D eigenvalue weighted by Crippen LogP contribution is -2.44. The Morgan fingerprint density at radius 2 is 1.67 bits per heavy atom. The number of halogens is 2. The largest absolute Gasteiger partial charge is 0.289 e. The van der Waals surface area contributed by atoms with Crippen molar-refractivity contribution >= 4 is 50.7 Å². The quantitative estimate of drug-likeness (QED) is 0.371. The summed E-state index contributed by atoms with van der Waals surface area (Å²) >= 11 is 9.34. The van der Waals surface area contributed by atoms with Gasteiger partial charge in [-0.25, -0.2) is 14.9 Å². The van der Waals surface area contributed by atoms with Crippen molar-refractivity contribution in [1.29, 1.82) is 0 Å². The number of nitro groups is 1. The Kier molecular flexibility index (Phi) is 4.66. The van der Waals surface area contributed by atoms with Crippen LogP contribution in [0.4, 0.5) is 11.4 Å². The second kappa shape index (κ2) is 7.12. The first kappa shape index (κ1) is 19.6. The van der Waals surface area contributed by atoms with Crippen LogP contribution in [-0.2, 0) is 9.59 Å². The molecule has 0 radical (unpaired) electrons. The van der Waals surface area contributed by atoms with Crippen LogP contribution in [0.5, 0.6) is 0 Å². The Hall–Kier alpha value is -2.33. The lowest BCUT2D eigenvalue weighted by atomic mass is 9.90. The summed E-state index contributed by atoms with van der Waals surface area (Å²) in [5, 5.41) is 15.3. The fraction of sp³-hybridized carbons (Fsp3) is 0.300. The number of imide groups is 1. The van der Waals surface area contributed by atoms with Crippen molar-refractivity contribution in [2.45, 2.75) is 18.5 Å². The number of nitrogens with zero attached hydrogens (tertiary/aromatic N) is 4. The predicted molar refractivity (Wildman–Crippen MR) is 113 cm³/mol. The number of hydrazine groups is 1. The maximum Gasteiger partial charge on any atom is 0.289 e. The minimum Gasteiger partial charge on any atom is -0.274 e. The summed E-state index contributed by atoms with van der Waals surface area (Å²) < 4.78 is 0.933. The van der Waals surface area contributed by atoms with Gasteiger partial charge in [-0.3, -0.25) is 19.7 Å². The Morgan fingerprint density at radius 1 is 1.00 bits per heavy atom. The molecule has 2 aromatic carbocycles. The second-order valence-corrected chi connectivity index (χ2v) is 8.87. The number of benzene rings is 2. The molecule has 0 spiro atoms. The SMILES string of the molecule is O=C1C2C(C(=O)N1c1ccc(Cl)c([N+](=O)[O-])c1)N1CCCN1C2c1ccc(Br)cc1. The summed E-state index contributed by atoms with van der Waals surface area (Å²) in [6.07, 6.45) is 0.907. The van der Waals surface area contributed by atoms with Gasteiger partial charge < -0.3 is 0 Å². The summed E-state index contributed by atoms with van der Waals surface area (Å²) in [4.78, 5) is 38.6. The van der Waals surface area contributed by atoms with Crippen molar-refractivity contribution in [3.8, 4) is 0 Å². The van der Waals surface area contributed by atoms with Crippen LogP contribution >= 0.6 is 27.5 Å². The molecule has 30 heavy (non-hydrogen) atoms. The molecular formula is C20H16BrClN4O4. The van der Waals surface area contributed by atoms with Crippen LogP contribution in [0.3, 0.4) is 0 Å². The Labute approximate surface area is 185 Å². The first-order valence-corrected chi connectivity index (χ1v) is 10.7. The molecule has 3 aliphatic rings. The van der Waals surface area contributed by atoms with Crippen molar-refractivity contribution in [3.63, 3.8) is 0 Å². The van der Waals surface area contributed by atoms with Crippen molar-refractivity contribution in [1.82, 2.24) is 10.0 Å². The van der Waals surface area contributed by atoms with Crippen LogP contribution in [0.2, 0.25) is 5.02 Å². The van der Waals surface area contributed by atoms with E-state index in [9.17, 15) is 19.7 Å². The van der Waals surface area contributed by atoms with E-state index in [4.69, 9.17) is 11.6 Å². The van der Waals surface area contributed by atoms with Crippen LogP contribution in [0.15, 0.2) is 46.9 Å². The molecule has 10 heteroatoms. The zero-order chi connectivity index (χ0) is 21.2. The Morgan fingerprint density at radius 3 is 2.33 bits per heavy atom. The first-order chi connectivity index (χ1) is 14.4. The molecular weight excluding hydrogens is 476 g/mol. The minimum absolute atomic E-state index is 0.0403. The van der Waals surface area contributed by atoms with E-state index < -0.39 is 16.9 Å². The van der Waals surface area contributed by atoms with Crippen LogP contribution in [0, 0.1) is 16.0 Å². The molecule has 0 bridgehead atoms. The zero-order valence-corrected chi connectivity index (χ0v) is 17.9. The van der Waals surface area contributed by atoms with Gasteiger partial charge in [0.05, 0.1) is 22.6 Å². The summed E-state index contributed by atoms with van der Waals surface area (Å²) in [5.41, 5.74) is 0.803. The Bertz CT molecular complexity index is 1080. The van der Waals surface area contributed by atoms with E-state index in [0.29, 0.717) is 6.54 Å². The molecule has 0 N–H and O–H groups in total. The number of nitro benzene ring substituents is 1. The van der Waals surface area contributed by atoms with Crippen molar-refractivity contribution in [2.24, 2.45) is 5.92 Å². The lowest BCUT2D eigenvalue weighted by molar-refractivity contribution is -0.384. The summed E-state index contributed by atoms with van der Waals surface area (Å²) in [6.45, 7) is 1.47. The van der Waals surface area contributed by atoms with Crippen LogP contribution in [0.1, 0.15) is 18.0 Å². The molecule has 3 aliphatic heterocycles. The number of hydrogen-bond acceptors (Lipinski definition) is 6. The molecule has 2 aromatic rings. The normalized spacial score (nSPS) is 26.3. The molecule has 3 atom stereocenters. The van der Waals surface area contributed by atoms with Gasteiger partial charge in [0.15, 0.2) is 0 Å². The number of anilines is 1. The van der Waals surface area contributed by atoms with Crippen molar-refractivity contribution in [3.05, 3.63) is 67.6 Å². The number of fused-ring (bicyclic) bond motifs is 3. The number of carbonyl (C=O) groups is 2. The number of rotatable bonds is 3. The topological polar surface area (TPSA) is 87.0 Å². The molecule has 0 aliphatic carbocycles. The van der Waals surface area contributed by atoms with Gasteiger partial charge >= 0.3 is 0 Å². The molecule has 3 unspecified atom stereocenters. The van der Waals surface area contributed by atoms with Gasteiger partial charge in [0.25, 0.3) is 11.6 Å². The average molecular weight is 492 g/mol. The molecule has 8 nitrogen and oxygen atoms in total. The smallest absolute Gasteiger partial charge is 0.274 e. The molecule has 3 saturated heterocycles. The van der Waals surface area contributed by atoms with E-state index >= 15 is 0 Å². The predicted octanol–water partition coefficient (Wildman–Crippen LogP) is 3.55. The lowest BCUT2D eigenvalue weighted by Gasteiger charge is -2.29. The third-order valence-electron chi connectivity index (χ3n) is 6.00. The van der Waals surface area contributed by atoms with E-state index in [1.54, 1.807) is 0 Å². The number of amides is 2. The van der Waals surface area contributed by atoms with E-state index in [1.165, 1.54) is 18.2 Å². The highest BCUT2D eigenvalue weighted by Gasteiger charge is 2.62. The summed E-state index contributed by atoms with van der Waals surface area (Å²) in [7, 11) is 0. The fourth-order valence-corrected chi connectivity index (χ4v) is 5.26. The molecule has 0 aromatic heterocycles. The fourth-order valence-electron chi connectivity index (χ4n) is 4.81. The average Bonchev–Trinajstić information content (AvgIpc) is 3.36. The summed E-state index contributed by atoms with van der Waals surface area (Å²) in [6, 6.07) is 10.9. The van der Waals surface area contributed by atoms with E-state index in [-0.39, 0.29) is 34.3 Å². The number of carbonyl (C=O) groups excluding carboxylic acids is 2. The highest BCUT2D eigenvalue weighted by molar-refractivity contribution is 9.10. The van der Waals surface area contributed by atoms with Gasteiger partial charge in [-0.15, -0.1) is 0 Å². The van der Waals surface area contributed by atoms with Gasteiger partial charge in [-0.1, -0.05) is 39.7 Å². The molecule has 0 saturated carbocycles. The monoisotopic (exact) mass is 490 g/mol. The number of hydrogen-bond donors (Lipinski definition) is 0. The highest BCUT2D eigenvalue weighted by Crippen LogP contribution is 2.49. The van der Waals surface area contributed by atoms with Gasteiger partial charge in [-0.2, -0.15) is 0 Å². The second-order valence-electron chi connectivity index (χ2n) is 7.55. The van der Waals surface area contributed by atoms with Gasteiger partial charge in [0.1, 0.15) is 11.1 Å². The maximum absolute atomic E-state index is 13.5.